The summed E-state index contributed by atoms with van der Waals surface area (Å²) in [5.41, 5.74) is -0.245. The van der Waals surface area contributed by atoms with E-state index in [-0.39, 0.29) is 18.5 Å². The molecule has 0 saturated carbocycles. The molecule has 9 nitrogen and oxygen atoms in total. The Kier molecular flexibility index (Phi) is 12.6. The van der Waals surface area contributed by atoms with Crippen LogP contribution in [-0.4, -0.2) is 55.8 Å². The standard InChI is InChI=1S/C22H39NO8Si3/c1-12-16(4)21(26)28-32(7,8)30-34(11,19(14-3)23-15-18(6)20(24)25)31-33(9,10)29-22(27)17(5)13-2/h3,19,23H,4-6,12-15H2,1-2,7-11H3,(H,24,25)/p-1. The second-order valence-electron chi connectivity index (χ2n) is 8.77. The Morgan fingerprint density at radius 1 is 0.853 bits per heavy atom. The molecule has 0 aromatic rings. The van der Waals surface area contributed by atoms with Gasteiger partial charge in [0.05, 0.1) is 5.97 Å². The Bertz CT molecular complexity index is 766. The zero-order chi connectivity index (χ0) is 26.9. The molecule has 0 amide bonds. The largest absolute Gasteiger partial charge is 0.545 e. The number of nitrogens with one attached hydrogen (secondary N) is 1. The summed E-state index contributed by atoms with van der Waals surface area (Å²) >= 11 is 0. The Balaban J connectivity index is 6.05. The van der Waals surface area contributed by atoms with Crippen LogP contribution in [0.3, 0.4) is 0 Å². The van der Waals surface area contributed by atoms with E-state index in [1.54, 1.807) is 46.6 Å². The first-order valence-corrected chi connectivity index (χ1v) is 19.0. The Morgan fingerprint density at radius 2 is 1.24 bits per heavy atom. The van der Waals surface area contributed by atoms with Gasteiger partial charge in [-0.2, -0.15) is 0 Å². The molecule has 0 spiro atoms. The summed E-state index contributed by atoms with van der Waals surface area (Å²) in [5, 5.41) is 14.1. The third-order valence-electron chi connectivity index (χ3n) is 4.72. The normalized spacial score (nSPS) is 13.1. The van der Waals surface area contributed by atoms with Crippen LogP contribution in [0.1, 0.15) is 33.1 Å². The second kappa shape index (κ2) is 13.3. The van der Waals surface area contributed by atoms with Crippen molar-refractivity contribution in [3.63, 3.8) is 0 Å². The number of rotatable bonds is 16. The van der Waals surface area contributed by atoms with E-state index in [1.165, 1.54) is 0 Å². The molecule has 12 heteroatoms. The molecule has 0 aromatic carbocycles. The lowest BCUT2D eigenvalue weighted by atomic mass is 10.2. The number of aliphatic carboxylic acids is 1. The molecule has 0 aromatic heterocycles. The van der Waals surface area contributed by atoms with Crippen molar-refractivity contribution in [2.45, 2.75) is 71.5 Å². The van der Waals surface area contributed by atoms with Crippen LogP contribution in [-0.2, 0) is 31.5 Å². The summed E-state index contributed by atoms with van der Waals surface area (Å²) in [6.45, 7) is 28.7. The summed E-state index contributed by atoms with van der Waals surface area (Å²) in [6.07, 6.45) is 0.845. The van der Waals surface area contributed by atoms with Gasteiger partial charge in [-0.15, -0.1) is 0 Å². The van der Waals surface area contributed by atoms with Crippen molar-refractivity contribution in [2.24, 2.45) is 0 Å². The molecule has 1 N–H and O–H groups in total. The number of hydrogen-bond acceptors (Lipinski definition) is 9. The quantitative estimate of drug-likeness (QED) is 0.238. The predicted molar refractivity (Wildman–Crippen MR) is 135 cm³/mol. The highest BCUT2D eigenvalue weighted by Gasteiger charge is 2.52. The van der Waals surface area contributed by atoms with E-state index in [1.807, 2.05) is 0 Å². The van der Waals surface area contributed by atoms with Gasteiger partial charge in [-0.25, -0.2) is 9.59 Å². The molecule has 34 heavy (non-hydrogen) atoms. The third kappa shape index (κ3) is 10.6. The van der Waals surface area contributed by atoms with Crippen LogP contribution < -0.4 is 10.4 Å². The molecule has 0 aliphatic rings. The van der Waals surface area contributed by atoms with Crippen LogP contribution in [0.2, 0.25) is 32.7 Å². The van der Waals surface area contributed by atoms with Crippen LogP contribution in [0.25, 0.3) is 0 Å². The van der Waals surface area contributed by atoms with E-state index in [2.05, 4.69) is 25.1 Å². The lowest BCUT2D eigenvalue weighted by Crippen LogP contribution is -2.66. The first-order valence-electron chi connectivity index (χ1n) is 11.0. The fourth-order valence-electron chi connectivity index (χ4n) is 2.86. The smallest absolute Gasteiger partial charge is 0.387 e. The SMILES string of the molecule is [CH]CC(NCC(=C)C(=O)[O-])[Si](C)(O[Si](C)(C)OC(=O)C(=C)CC)O[Si](C)(C)OC(=O)C(=C)CC. The molecule has 0 fully saturated rings. The maximum atomic E-state index is 12.4. The molecule has 0 rings (SSSR count). The Labute approximate surface area is 207 Å². The van der Waals surface area contributed by atoms with Gasteiger partial charge < -0.3 is 32.3 Å². The minimum atomic E-state index is -3.46. The lowest BCUT2D eigenvalue weighted by Gasteiger charge is -2.43. The first-order chi connectivity index (χ1) is 15.4. The number of hydrogen-bond donors (Lipinski definition) is 1. The van der Waals surface area contributed by atoms with Crippen molar-refractivity contribution >= 4 is 43.6 Å². The van der Waals surface area contributed by atoms with Gasteiger partial charge in [0.15, 0.2) is 0 Å². The zero-order valence-electron chi connectivity index (χ0n) is 21.4. The van der Waals surface area contributed by atoms with Crippen LogP contribution in [0.5, 0.6) is 0 Å². The van der Waals surface area contributed by atoms with E-state index in [0.29, 0.717) is 24.0 Å². The highest BCUT2D eigenvalue weighted by atomic mass is 28.5. The Hall–Kier alpha value is -1.84. The zero-order valence-corrected chi connectivity index (χ0v) is 24.4. The predicted octanol–water partition coefficient (Wildman–Crippen LogP) is 2.42. The molecule has 2 radical (unpaired) electrons. The second-order valence-corrected chi connectivity index (χ2v) is 19.1. The van der Waals surface area contributed by atoms with Crippen molar-refractivity contribution in [2.75, 3.05) is 6.54 Å². The number of carbonyl (C=O) groups excluding carboxylic acids is 3. The van der Waals surface area contributed by atoms with Gasteiger partial charge in [-0.05, 0) is 64.5 Å². The average Bonchev–Trinajstić information content (AvgIpc) is 2.70. The van der Waals surface area contributed by atoms with Crippen LogP contribution in [0.15, 0.2) is 36.5 Å². The van der Waals surface area contributed by atoms with E-state index in [0.717, 1.165) is 0 Å². The molecule has 0 heterocycles. The molecule has 0 aliphatic heterocycles. The number of carbonyl (C=O) groups is 3. The topological polar surface area (TPSA) is 123 Å². The van der Waals surface area contributed by atoms with Gasteiger partial charge >= 0.3 is 37.6 Å². The molecule has 1 atom stereocenters. The fraction of sp³-hybridized carbons (Fsp3) is 0.545. The van der Waals surface area contributed by atoms with Gasteiger partial charge in [0, 0.05) is 23.4 Å². The molecule has 0 bridgehead atoms. The van der Waals surface area contributed by atoms with E-state index < -0.39 is 49.3 Å². The highest BCUT2D eigenvalue weighted by molar-refractivity contribution is 6.86. The van der Waals surface area contributed by atoms with Crippen LogP contribution in [0.4, 0.5) is 0 Å². The van der Waals surface area contributed by atoms with Crippen molar-refractivity contribution in [3.8, 4) is 0 Å². The molecule has 0 saturated heterocycles. The first kappa shape index (κ1) is 32.2. The van der Waals surface area contributed by atoms with Gasteiger partial charge in [-0.1, -0.05) is 33.6 Å². The summed E-state index contributed by atoms with van der Waals surface area (Å²) in [7, 11) is -9.78. The van der Waals surface area contributed by atoms with E-state index >= 15 is 0 Å². The molecule has 0 aliphatic carbocycles. The van der Waals surface area contributed by atoms with Crippen molar-refractivity contribution in [1.29, 1.82) is 0 Å². The molecular formula is C22H38NO8Si3-. The molecule has 192 valence electrons. The highest BCUT2D eigenvalue weighted by Crippen LogP contribution is 2.27. The van der Waals surface area contributed by atoms with Crippen molar-refractivity contribution < 1.29 is 36.6 Å². The minimum absolute atomic E-state index is 0.00321. The van der Waals surface area contributed by atoms with Gasteiger partial charge in [0.2, 0.25) is 0 Å². The summed E-state index contributed by atoms with van der Waals surface area (Å²) in [4.78, 5) is 35.8. The fourth-order valence-corrected chi connectivity index (χ4v) is 14.8. The lowest BCUT2D eigenvalue weighted by molar-refractivity contribution is -0.299. The van der Waals surface area contributed by atoms with Crippen molar-refractivity contribution in [3.05, 3.63) is 43.4 Å². The maximum Gasteiger partial charge on any atom is 0.387 e. The average molecular weight is 529 g/mol. The minimum Gasteiger partial charge on any atom is -0.545 e. The third-order valence-corrected chi connectivity index (χ3v) is 15.0. The van der Waals surface area contributed by atoms with Crippen LogP contribution in [0, 0.1) is 6.92 Å². The maximum absolute atomic E-state index is 12.4. The van der Waals surface area contributed by atoms with E-state index in [9.17, 15) is 19.5 Å². The molecular weight excluding hydrogens is 490 g/mol. The monoisotopic (exact) mass is 528 g/mol. The van der Waals surface area contributed by atoms with Crippen molar-refractivity contribution in [1.82, 2.24) is 5.32 Å². The summed E-state index contributed by atoms with van der Waals surface area (Å²) in [6, 6.07) is 0. The summed E-state index contributed by atoms with van der Waals surface area (Å²) < 4.78 is 24.1. The van der Waals surface area contributed by atoms with Gasteiger partial charge in [-0.3, -0.25) is 0 Å². The van der Waals surface area contributed by atoms with Gasteiger partial charge in [0.1, 0.15) is 0 Å². The Morgan fingerprint density at radius 3 is 1.53 bits per heavy atom. The van der Waals surface area contributed by atoms with Gasteiger partial charge in [0.25, 0.3) is 0 Å². The molecule has 1 unspecified atom stereocenters. The van der Waals surface area contributed by atoms with E-state index in [4.69, 9.17) is 24.0 Å². The van der Waals surface area contributed by atoms with Crippen LogP contribution >= 0.6 is 0 Å². The summed E-state index contributed by atoms with van der Waals surface area (Å²) in [5.74, 6) is -2.54. The number of carboxylic acid groups (broad SMARTS) is 1. The number of carboxylic acids is 1.